The van der Waals surface area contributed by atoms with E-state index in [0.29, 0.717) is 17.6 Å². The second-order valence-electron chi connectivity index (χ2n) is 11.4. The number of carbonyl (C=O) groups excluding carboxylic acids is 4. The van der Waals surface area contributed by atoms with Gasteiger partial charge >= 0.3 is 5.97 Å². The first kappa shape index (κ1) is 28.9. The standard InChI is InChI=1S/C31H26Cl2N2O8/c1-3-5-14-6-4-7-19(24(14)37)23-16-10-11-18-22(20(16)13-30(32)28(42)34(2)29(43)31(23,30)33)26(39)35(25(18)38)15-8-9-17(27(40)41)21(36)12-15/h3-4,6-10,12,18,20,22-23,36-37H,1,5,11,13H2,2H3,(H,40,41)/t18-,20+,22-,23+,30+,31-/m0/s1. The number of carboxylic acids is 1. The number of carboxylic acid groups (broad SMARTS) is 1. The van der Waals surface area contributed by atoms with E-state index in [4.69, 9.17) is 23.2 Å². The van der Waals surface area contributed by atoms with Crippen LogP contribution < -0.4 is 4.90 Å². The van der Waals surface area contributed by atoms with Gasteiger partial charge in [-0.25, -0.2) is 9.69 Å². The summed E-state index contributed by atoms with van der Waals surface area (Å²) in [7, 11) is 1.28. The predicted octanol–water partition coefficient (Wildman–Crippen LogP) is 3.72. The highest BCUT2D eigenvalue weighted by Crippen LogP contribution is 2.66. The molecule has 6 atom stereocenters. The molecule has 3 N–H and O–H groups in total. The smallest absolute Gasteiger partial charge is 0.339 e. The maximum atomic E-state index is 14.1. The maximum absolute atomic E-state index is 14.1. The van der Waals surface area contributed by atoms with Gasteiger partial charge in [-0.1, -0.05) is 35.9 Å². The fourth-order valence-electron chi connectivity index (χ4n) is 7.35. The number of aromatic hydroxyl groups is 2. The van der Waals surface area contributed by atoms with Crippen molar-refractivity contribution < 1.29 is 39.3 Å². The molecule has 4 aliphatic rings. The molecular weight excluding hydrogens is 599 g/mol. The minimum atomic E-state index is -2.04. The van der Waals surface area contributed by atoms with Crippen molar-refractivity contribution >= 4 is 58.5 Å². The fourth-order valence-corrected chi connectivity index (χ4v) is 8.36. The molecule has 2 aliphatic heterocycles. The lowest BCUT2D eigenvalue weighted by molar-refractivity contribution is -0.138. The van der Waals surface area contributed by atoms with Crippen molar-refractivity contribution in [3.05, 3.63) is 77.4 Å². The van der Waals surface area contributed by atoms with Crippen LogP contribution in [0.3, 0.4) is 0 Å². The van der Waals surface area contributed by atoms with Crippen molar-refractivity contribution in [2.45, 2.75) is 34.9 Å². The van der Waals surface area contributed by atoms with Crippen molar-refractivity contribution in [3.63, 3.8) is 0 Å². The molecule has 2 saturated heterocycles. The van der Waals surface area contributed by atoms with Gasteiger partial charge in [0.25, 0.3) is 11.8 Å². The lowest BCUT2D eigenvalue weighted by Crippen LogP contribution is -2.60. The first-order valence-corrected chi connectivity index (χ1v) is 14.3. The molecule has 2 aromatic rings. The Morgan fingerprint density at radius 3 is 2.44 bits per heavy atom. The average Bonchev–Trinajstić information content (AvgIpc) is 3.29. The minimum Gasteiger partial charge on any atom is -0.507 e. The number of halogens is 2. The van der Waals surface area contributed by atoms with E-state index < -0.39 is 74.3 Å². The number of aromatic carboxylic acids is 1. The molecule has 0 radical (unpaired) electrons. The molecule has 222 valence electrons. The number of fused-ring (bicyclic) bond motifs is 4. The number of amides is 4. The average molecular weight is 625 g/mol. The third-order valence-corrected chi connectivity index (χ3v) is 10.7. The molecule has 43 heavy (non-hydrogen) atoms. The summed E-state index contributed by atoms with van der Waals surface area (Å²) in [5, 5.41) is 30.9. The van der Waals surface area contributed by atoms with Gasteiger partial charge in [-0.3, -0.25) is 24.1 Å². The van der Waals surface area contributed by atoms with Crippen molar-refractivity contribution in [2.24, 2.45) is 17.8 Å². The second kappa shape index (κ2) is 9.68. The molecule has 3 fully saturated rings. The summed E-state index contributed by atoms with van der Waals surface area (Å²) in [6.45, 7) is 3.72. The zero-order valence-electron chi connectivity index (χ0n) is 22.8. The highest BCUT2D eigenvalue weighted by molar-refractivity contribution is 6.53. The Hall–Kier alpha value is -4.15. The molecule has 2 heterocycles. The van der Waals surface area contributed by atoms with E-state index in [1.807, 2.05) is 0 Å². The molecular formula is C31H26Cl2N2O8. The third kappa shape index (κ3) is 3.69. The lowest BCUT2D eigenvalue weighted by Gasteiger charge is -2.50. The molecule has 12 heteroatoms. The molecule has 0 aromatic heterocycles. The number of nitrogens with zero attached hydrogens (tertiary/aromatic N) is 2. The number of rotatable bonds is 5. The SMILES string of the molecule is C=CCc1cccc([C@H]2C3=CC[C@@H]4C(=O)N(c5ccc(C(=O)O)c(O)c5)C(=O)[C@@H]4[C@@H]3C[C@@]3(Cl)C(=O)N(C)C(=O)[C@@]23Cl)c1O. The number of phenolic OH excluding ortho intramolecular Hbond substituents is 1. The Labute approximate surface area is 255 Å². The van der Waals surface area contributed by atoms with Gasteiger partial charge in [0.1, 0.15) is 17.1 Å². The van der Waals surface area contributed by atoms with Crippen LogP contribution in [0.2, 0.25) is 0 Å². The fraction of sp³-hybridized carbons (Fsp3) is 0.323. The van der Waals surface area contributed by atoms with Crippen LogP contribution in [0, 0.1) is 17.8 Å². The highest BCUT2D eigenvalue weighted by atomic mass is 35.5. The van der Waals surface area contributed by atoms with Crippen LogP contribution in [0.25, 0.3) is 0 Å². The van der Waals surface area contributed by atoms with Gasteiger partial charge in [-0.15, -0.1) is 29.8 Å². The number of benzene rings is 2. The molecule has 0 unspecified atom stereocenters. The number of alkyl halides is 2. The number of hydrogen-bond donors (Lipinski definition) is 3. The van der Waals surface area contributed by atoms with Crippen LogP contribution in [0.4, 0.5) is 5.69 Å². The summed E-state index contributed by atoms with van der Waals surface area (Å²) >= 11 is 14.3. The quantitative estimate of drug-likeness (QED) is 0.258. The van der Waals surface area contributed by atoms with Crippen molar-refractivity contribution in [1.82, 2.24) is 4.90 Å². The van der Waals surface area contributed by atoms with Gasteiger partial charge in [0.05, 0.1) is 17.5 Å². The van der Waals surface area contributed by atoms with Gasteiger partial charge < -0.3 is 15.3 Å². The molecule has 0 bridgehead atoms. The Morgan fingerprint density at radius 2 is 1.79 bits per heavy atom. The molecule has 10 nitrogen and oxygen atoms in total. The van der Waals surface area contributed by atoms with Gasteiger partial charge in [0.15, 0.2) is 9.75 Å². The van der Waals surface area contributed by atoms with E-state index >= 15 is 0 Å². The number of hydrogen-bond acceptors (Lipinski definition) is 7. The van der Waals surface area contributed by atoms with E-state index in [1.54, 1.807) is 30.4 Å². The van der Waals surface area contributed by atoms with Crippen molar-refractivity contribution in [3.8, 4) is 11.5 Å². The van der Waals surface area contributed by atoms with E-state index in [-0.39, 0.29) is 29.8 Å². The molecule has 1 saturated carbocycles. The van der Waals surface area contributed by atoms with E-state index in [9.17, 15) is 39.3 Å². The number of para-hydroxylation sites is 1. The van der Waals surface area contributed by atoms with Crippen LogP contribution in [0.5, 0.6) is 11.5 Å². The Bertz CT molecular complexity index is 1700. The summed E-state index contributed by atoms with van der Waals surface area (Å²) in [5.41, 5.74) is 0.885. The van der Waals surface area contributed by atoms with E-state index in [1.165, 1.54) is 13.1 Å². The number of carbonyl (C=O) groups is 5. The van der Waals surface area contributed by atoms with Crippen LogP contribution >= 0.6 is 23.2 Å². The number of likely N-dealkylation sites (tertiary alicyclic amines) is 1. The molecule has 6 rings (SSSR count). The Balaban J connectivity index is 1.50. The zero-order chi connectivity index (χ0) is 31.2. The monoisotopic (exact) mass is 624 g/mol. The molecule has 0 spiro atoms. The van der Waals surface area contributed by atoms with Crippen LogP contribution in [0.1, 0.15) is 40.2 Å². The van der Waals surface area contributed by atoms with Crippen LogP contribution in [-0.2, 0) is 25.6 Å². The maximum Gasteiger partial charge on any atom is 0.339 e. The summed E-state index contributed by atoms with van der Waals surface area (Å²) in [4.78, 5) is 64.1. The topological polar surface area (TPSA) is 153 Å². The third-order valence-electron chi connectivity index (χ3n) is 9.31. The zero-order valence-corrected chi connectivity index (χ0v) is 24.3. The summed E-state index contributed by atoms with van der Waals surface area (Å²) in [6.07, 6.45) is 3.53. The Morgan fingerprint density at radius 1 is 1.07 bits per heavy atom. The van der Waals surface area contributed by atoms with Gasteiger partial charge in [-0.05, 0) is 42.9 Å². The second-order valence-corrected chi connectivity index (χ2v) is 12.6. The number of phenols is 2. The summed E-state index contributed by atoms with van der Waals surface area (Å²) in [6, 6.07) is 8.38. The summed E-state index contributed by atoms with van der Waals surface area (Å²) in [5.74, 6) is -8.58. The molecule has 2 aromatic carbocycles. The van der Waals surface area contributed by atoms with Gasteiger partial charge in [-0.2, -0.15) is 0 Å². The number of allylic oxidation sites excluding steroid dienone is 3. The first-order chi connectivity index (χ1) is 20.3. The van der Waals surface area contributed by atoms with E-state index in [2.05, 4.69) is 6.58 Å². The van der Waals surface area contributed by atoms with Gasteiger partial charge in [0.2, 0.25) is 11.8 Å². The van der Waals surface area contributed by atoms with E-state index in [0.717, 1.165) is 21.9 Å². The first-order valence-electron chi connectivity index (χ1n) is 13.6. The number of anilines is 1. The van der Waals surface area contributed by atoms with Crippen molar-refractivity contribution in [2.75, 3.05) is 11.9 Å². The van der Waals surface area contributed by atoms with Crippen LogP contribution in [0.15, 0.2) is 60.7 Å². The highest BCUT2D eigenvalue weighted by Gasteiger charge is 2.76. The molecule has 4 amide bonds. The largest absolute Gasteiger partial charge is 0.507 e. The Kier molecular flexibility index (Phi) is 6.52. The van der Waals surface area contributed by atoms with Crippen LogP contribution in [-0.4, -0.2) is 66.6 Å². The minimum absolute atomic E-state index is 0.00490. The summed E-state index contributed by atoms with van der Waals surface area (Å²) < 4.78 is 0. The number of imide groups is 2. The van der Waals surface area contributed by atoms with Crippen molar-refractivity contribution in [1.29, 1.82) is 0 Å². The molecule has 2 aliphatic carbocycles. The predicted molar refractivity (Wildman–Crippen MR) is 155 cm³/mol. The van der Waals surface area contributed by atoms with Gasteiger partial charge in [0, 0.05) is 24.6 Å². The normalized spacial score (nSPS) is 31.5. The lowest BCUT2D eigenvalue weighted by atomic mass is 9.56.